The molecule has 1 aromatic carbocycles. The van der Waals surface area contributed by atoms with Crippen LogP contribution in [0.1, 0.15) is 17.4 Å². The third kappa shape index (κ3) is 5.23. The maximum Gasteiger partial charge on any atom is 0.225 e. The standard InChI is InChI=1S/C25H32N6O2/c1-29(2)24-19(7-6-12-26-24)16-31-13-14-33-22(17-31)23-21(15-27-25(28-23)30(3)4)18-8-10-20(32-5)11-9-18/h6-12,15,22H,13-14,16-17H2,1-5H3/t22-/m0/s1. The highest BCUT2D eigenvalue weighted by Gasteiger charge is 2.27. The molecule has 1 atom stereocenters. The van der Waals surface area contributed by atoms with Crippen LogP contribution in [0, 0.1) is 0 Å². The van der Waals surface area contributed by atoms with Crippen LogP contribution in [0.5, 0.6) is 5.75 Å². The quantitative estimate of drug-likeness (QED) is 0.546. The van der Waals surface area contributed by atoms with E-state index in [4.69, 9.17) is 14.5 Å². The molecule has 0 amide bonds. The highest BCUT2D eigenvalue weighted by Crippen LogP contribution is 2.33. The maximum atomic E-state index is 6.25. The molecule has 1 aliphatic heterocycles. The molecule has 4 rings (SSSR count). The van der Waals surface area contributed by atoms with E-state index in [1.807, 2.05) is 75.8 Å². The average molecular weight is 449 g/mol. The predicted octanol–water partition coefficient (Wildman–Crippen LogP) is 3.25. The maximum absolute atomic E-state index is 6.25. The summed E-state index contributed by atoms with van der Waals surface area (Å²) in [7, 11) is 9.62. The van der Waals surface area contributed by atoms with Gasteiger partial charge in [-0.05, 0) is 23.8 Å². The fourth-order valence-electron chi connectivity index (χ4n) is 4.05. The molecule has 8 heteroatoms. The van der Waals surface area contributed by atoms with Crippen molar-refractivity contribution in [3.8, 4) is 16.9 Å². The molecule has 0 unspecified atom stereocenters. The molecule has 0 saturated carbocycles. The van der Waals surface area contributed by atoms with Gasteiger partial charge in [0, 0.05) is 71.3 Å². The molecule has 0 radical (unpaired) electrons. The lowest BCUT2D eigenvalue weighted by molar-refractivity contribution is -0.0346. The van der Waals surface area contributed by atoms with Crippen LogP contribution in [0.4, 0.5) is 11.8 Å². The predicted molar refractivity (Wildman–Crippen MR) is 131 cm³/mol. The second-order valence-electron chi connectivity index (χ2n) is 8.57. The van der Waals surface area contributed by atoms with E-state index in [9.17, 15) is 0 Å². The van der Waals surface area contributed by atoms with Crippen LogP contribution < -0.4 is 14.5 Å². The Morgan fingerprint density at radius 2 is 1.85 bits per heavy atom. The molecule has 8 nitrogen and oxygen atoms in total. The molecule has 2 aromatic heterocycles. The second kappa shape index (κ2) is 10.1. The van der Waals surface area contributed by atoms with Gasteiger partial charge in [0.15, 0.2) is 0 Å². The molecule has 1 aliphatic rings. The molecule has 33 heavy (non-hydrogen) atoms. The summed E-state index contributed by atoms with van der Waals surface area (Å²) < 4.78 is 11.6. The SMILES string of the molecule is COc1ccc(-c2cnc(N(C)C)nc2[C@@H]2CN(Cc3cccnc3N(C)C)CCO2)cc1. The first-order chi connectivity index (χ1) is 16.0. The summed E-state index contributed by atoms with van der Waals surface area (Å²) in [5, 5.41) is 0. The number of pyridine rings is 1. The third-order valence-corrected chi connectivity index (χ3v) is 5.75. The highest BCUT2D eigenvalue weighted by atomic mass is 16.5. The van der Waals surface area contributed by atoms with Gasteiger partial charge in [0.1, 0.15) is 17.7 Å². The minimum atomic E-state index is -0.156. The molecule has 0 aliphatic carbocycles. The topological polar surface area (TPSA) is 66.9 Å². The molecular formula is C25H32N6O2. The number of nitrogens with zero attached hydrogens (tertiary/aromatic N) is 6. The zero-order valence-electron chi connectivity index (χ0n) is 20.0. The van der Waals surface area contributed by atoms with Crippen molar-refractivity contribution >= 4 is 11.8 Å². The Bertz CT molecular complexity index is 1070. The fraction of sp³-hybridized carbons (Fsp3) is 0.400. The summed E-state index contributed by atoms with van der Waals surface area (Å²) >= 11 is 0. The number of anilines is 2. The van der Waals surface area contributed by atoms with Gasteiger partial charge in [-0.15, -0.1) is 0 Å². The molecule has 1 saturated heterocycles. The molecule has 1 fully saturated rings. The van der Waals surface area contributed by atoms with Crippen molar-refractivity contribution in [3.05, 3.63) is 60.0 Å². The van der Waals surface area contributed by atoms with E-state index < -0.39 is 0 Å². The van der Waals surface area contributed by atoms with Crippen LogP contribution in [0.2, 0.25) is 0 Å². The number of ether oxygens (including phenoxy) is 2. The smallest absolute Gasteiger partial charge is 0.225 e. The van der Waals surface area contributed by atoms with Crippen LogP contribution in [0.15, 0.2) is 48.8 Å². The Morgan fingerprint density at radius 1 is 1.06 bits per heavy atom. The lowest BCUT2D eigenvalue weighted by Gasteiger charge is -2.34. The lowest BCUT2D eigenvalue weighted by atomic mass is 10.0. The molecular weight excluding hydrogens is 416 g/mol. The van der Waals surface area contributed by atoms with Crippen molar-refractivity contribution < 1.29 is 9.47 Å². The van der Waals surface area contributed by atoms with Gasteiger partial charge >= 0.3 is 0 Å². The number of morpholine rings is 1. The van der Waals surface area contributed by atoms with Crippen LogP contribution >= 0.6 is 0 Å². The van der Waals surface area contributed by atoms with E-state index in [0.29, 0.717) is 12.6 Å². The highest BCUT2D eigenvalue weighted by molar-refractivity contribution is 5.67. The summed E-state index contributed by atoms with van der Waals surface area (Å²) in [4.78, 5) is 20.4. The summed E-state index contributed by atoms with van der Waals surface area (Å²) in [6, 6.07) is 12.1. The molecule has 174 valence electrons. The number of benzene rings is 1. The fourth-order valence-corrected chi connectivity index (χ4v) is 4.05. The molecule has 3 heterocycles. The van der Waals surface area contributed by atoms with Crippen LogP contribution in [-0.2, 0) is 11.3 Å². The van der Waals surface area contributed by atoms with Crippen molar-refractivity contribution in [1.82, 2.24) is 19.9 Å². The van der Waals surface area contributed by atoms with Crippen LogP contribution in [0.25, 0.3) is 11.1 Å². The first-order valence-electron chi connectivity index (χ1n) is 11.1. The van der Waals surface area contributed by atoms with Crippen molar-refractivity contribution in [1.29, 1.82) is 0 Å². The second-order valence-corrected chi connectivity index (χ2v) is 8.57. The van der Waals surface area contributed by atoms with Crippen molar-refractivity contribution in [3.63, 3.8) is 0 Å². The number of hydrogen-bond donors (Lipinski definition) is 0. The van der Waals surface area contributed by atoms with E-state index >= 15 is 0 Å². The summed E-state index contributed by atoms with van der Waals surface area (Å²) in [6.07, 6.45) is 3.58. The van der Waals surface area contributed by atoms with E-state index in [-0.39, 0.29) is 6.10 Å². The van der Waals surface area contributed by atoms with Crippen LogP contribution in [-0.4, -0.2) is 74.8 Å². The normalized spacial score (nSPS) is 16.5. The molecule has 0 N–H and O–H groups in total. The monoisotopic (exact) mass is 448 g/mol. The van der Waals surface area contributed by atoms with Crippen molar-refractivity contribution in [2.75, 3.05) is 64.8 Å². The van der Waals surface area contributed by atoms with Gasteiger partial charge in [0.2, 0.25) is 5.95 Å². The van der Waals surface area contributed by atoms with Gasteiger partial charge in [-0.3, -0.25) is 4.90 Å². The minimum Gasteiger partial charge on any atom is -0.497 e. The van der Waals surface area contributed by atoms with E-state index in [1.165, 1.54) is 5.56 Å². The summed E-state index contributed by atoms with van der Waals surface area (Å²) in [5.74, 6) is 2.49. The summed E-state index contributed by atoms with van der Waals surface area (Å²) in [5.41, 5.74) is 4.13. The zero-order valence-corrected chi connectivity index (χ0v) is 20.0. The van der Waals surface area contributed by atoms with E-state index in [2.05, 4.69) is 25.8 Å². The lowest BCUT2D eigenvalue weighted by Crippen LogP contribution is -2.38. The van der Waals surface area contributed by atoms with Gasteiger partial charge in [0.25, 0.3) is 0 Å². The average Bonchev–Trinajstić information content (AvgIpc) is 2.84. The van der Waals surface area contributed by atoms with Gasteiger partial charge in [0.05, 0.1) is 19.4 Å². The van der Waals surface area contributed by atoms with Crippen LogP contribution in [0.3, 0.4) is 0 Å². The van der Waals surface area contributed by atoms with E-state index in [1.54, 1.807) is 7.11 Å². The number of hydrogen-bond acceptors (Lipinski definition) is 8. The van der Waals surface area contributed by atoms with Gasteiger partial charge < -0.3 is 19.3 Å². The molecule has 3 aromatic rings. The number of aromatic nitrogens is 3. The van der Waals surface area contributed by atoms with Crippen molar-refractivity contribution in [2.24, 2.45) is 0 Å². The summed E-state index contributed by atoms with van der Waals surface area (Å²) in [6.45, 7) is 3.06. The Labute approximate surface area is 195 Å². The van der Waals surface area contributed by atoms with E-state index in [0.717, 1.165) is 48.0 Å². The van der Waals surface area contributed by atoms with Gasteiger partial charge in [-0.25, -0.2) is 15.0 Å². The van der Waals surface area contributed by atoms with Gasteiger partial charge in [-0.1, -0.05) is 18.2 Å². The first kappa shape index (κ1) is 22.9. The Kier molecular flexibility index (Phi) is 7.05. The third-order valence-electron chi connectivity index (χ3n) is 5.75. The molecule has 0 bridgehead atoms. The number of methoxy groups -OCH3 is 1. The largest absolute Gasteiger partial charge is 0.497 e. The Balaban J connectivity index is 1.63. The van der Waals surface area contributed by atoms with Gasteiger partial charge in [-0.2, -0.15) is 0 Å². The minimum absolute atomic E-state index is 0.156. The Hall–Kier alpha value is -3.23. The zero-order chi connectivity index (χ0) is 23.4. The van der Waals surface area contributed by atoms with Crippen molar-refractivity contribution in [2.45, 2.75) is 12.6 Å². The Morgan fingerprint density at radius 3 is 2.55 bits per heavy atom. The molecule has 0 spiro atoms. The first-order valence-corrected chi connectivity index (χ1v) is 11.1. The number of rotatable bonds is 7.